The first kappa shape index (κ1) is 106. The summed E-state index contributed by atoms with van der Waals surface area (Å²) in [6, 6.07) is -10.5. The number of phosphoric ester groups is 1. The van der Waals surface area contributed by atoms with Gasteiger partial charge in [-0.15, -0.1) is 0 Å². The van der Waals surface area contributed by atoms with Crippen LogP contribution >= 0.6 is 7.82 Å². The van der Waals surface area contributed by atoms with E-state index < -0.39 is 275 Å². The van der Waals surface area contributed by atoms with Crippen molar-refractivity contribution in [1.29, 1.82) is 0 Å². The number of hydrogen-bond acceptors (Lipinski definition) is 25. The van der Waals surface area contributed by atoms with Crippen molar-refractivity contribution >= 4 is 125 Å². The standard InChI is InChI=1S/C81H123N18O27P/c1-41(2)32-53(70(110)90-56(36-47-38-85-49-21-13-12-20-48(47)49)73(113)86-50(22-14-15-29-82)67(107)94-58(81(121)122)34-43(5)6)89-74(114)57(37-65(105)106)91-75(115)59(39-100)95-72(112)55(35-46-18-10-9-11-19-46)93-78(118)66(45(8)101)97-69(109)52(26-28-64(103)104)87-68(108)51(25-27-63(84)102)88-76(116)60(40-126-127(123,124)125)96-71(111)54(33-42(3)4)92-77(117)61-23-16-30-98(61)80(120)62-24-17-31-99(62)79(119)44(7)83/h9-13,18-21,38,41-45,50-62,66,85,100-101H,14-17,22-37,39-40,82-83H2,1-8H3,(H2,84,102)(H,86,113)(H,87,108)(H,88,116)(H,89,114)(H,90,110)(H,91,115)(H,92,117)(H,93,118)(H,94,107)(H,95,112)(H,96,111)(H,97,109)(H,103,104)(H,105,106)(H,121,122)(H2,123,124,125)/p-1/t44-,45+,50-,51-,52-,53-,54-,55-,56-,57-,58-,59-,60-,61-,62-,66-/m0/s1. The van der Waals surface area contributed by atoms with Crippen molar-refractivity contribution in [3.05, 3.63) is 71.9 Å². The molecule has 704 valence electrons. The molecule has 15 amide bonds. The lowest BCUT2D eigenvalue weighted by Gasteiger charge is -2.32. The molecule has 2 saturated heterocycles. The van der Waals surface area contributed by atoms with Gasteiger partial charge in [-0.2, -0.15) is 0 Å². The van der Waals surface area contributed by atoms with Crippen molar-refractivity contribution in [3.8, 4) is 0 Å². The topological polar surface area (TPSA) is 723 Å². The number of nitrogens with two attached hydrogens (primary N) is 3. The summed E-state index contributed by atoms with van der Waals surface area (Å²) in [5, 5.41) is 80.7. The van der Waals surface area contributed by atoms with Crippen LogP contribution in [0.1, 0.15) is 163 Å². The first-order chi connectivity index (χ1) is 59.7. The number of amides is 15. The van der Waals surface area contributed by atoms with Crippen molar-refractivity contribution < 1.29 is 131 Å². The highest BCUT2D eigenvalue weighted by Crippen LogP contribution is 2.31. The summed E-state index contributed by atoms with van der Waals surface area (Å²) in [6.45, 7) is 10.4. The van der Waals surface area contributed by atoms with E-state index >= 15 is 0 Å². The number of benzene rings is 2. The van der Waals surface area contributed by atoms with Crippen molar-refractivity contribution in [2.45, 2.75) is 261 Å². The smallest absolute Gasteiger partial charge is 0.326 e. The minimum absolute atomic E-state index is 0.0126. The SMILES string of the molecule is CC(C)C[C@H](NC(=O)[C@H](CCCCN)NC(=O)[C@H](Cc1c[nH]c2ccccc12)NC(=O)[C@H](CC(C)C)NC(=O)[C@H](CC(=O)O)NC(=O)[C@H](CO)NC(=O)[C@H](Cc1ccccc1)NC(=O)[C@@H](NC(=O)[C@H](CCC(=O)O)NC(=O)[C@H](CCC(N)=O)NC(=O)[C@H](COP(=O)([O-])O)NC(=O)[C@H](CC(C)C)NC(=O)[C@@H]1CCCN1C(=O)[C@@H]1CCCN1C(=O)[C@H](C)N)[C@@H](C)O)C(=O)O. The van der Waals surface area contributed by atoms with Crippen molar-refractivity contribution in [2.75, 3.05) is 32.8 Å². The Morgan fingerprint density at radius 3 is 1.49 bits per heavy atom. The molecule has 2 fully saturated rings. The molecule has 127 heavy (non-hydrogen) atoms. The van der Waals surface area contributed by atoms with E-state index in [9.17, 15) is 126 Å². The number of carboxylic acid groups (broad SMARTS) is 3. The molecule has 3 aromatic rings. The Morgan fingerprint density at radius 2 is 0.953 bits per heavy atom. The minimum Gasteiger partial charge on any atom is -0.756 e. The van der Waals surface area contributed by atoms with Gasteiger partial charge in [0.25, 0.3) is 7.82 Å². The number of nitrogens with one attached hydrogen (secondary N) is 13. The van der Waals surface area contributed by atoms with Crippen LogP contribution in [0, 0.1) is 17.8 Å². The summed E-state index contributed by atoms with van der Waals surface area (Å²) in [6.07, 6.45) is -3.99. The molecule has 0 bridgehead atoms. The van der Waals surface area contributed by atoms with Gasteiger partial charge in [0.1, 0.15) is 84.6 Å². The zero-order valence-electron chi connectivity index (χ0n) is 72.1. The molecular weight excluding hydrogens is 1690 g/mol. The van der Waals surface area contributed by atoms with Crippen LogP contribution in [0.5, 0.6) is 0 Å². The first-order valence-corrected chi connectivity index (χ1v) is 43.4. The zero-order chi connectivity index (χ0) is 94.9. The van der Waals surface area contributed by atoms with E-state index in [1.54, 1.807) is 78.1 Å². The molecule has 1 aromatic heterocycles. The minimum atomic E-state index is -5.76. The number of unbranched alkanes of at least 4 members (excludes halogenated alkanes) is 1. The van der Waals surface area contributed by atoms with Crippen LogP contribution in [0.2, 0.25) is 0 Å². The maximum Gasteiger partial charge on any atom is 0.326 e. The Kier molecular flexibility index (Phi) is 42.8. The third-order valence-electron chi connectivity index (χ3n) is 20.8. The average molecular weight is 1810 g/mol. The molecule has 17 atom stereocenters. The molecule has 2 aliphatic rings. The lowest BCUT2D eigenvalue weighted by molar-refractivity contribution is -0.220. The number of aliphatic hydroxyl groups is 2. The fraction of sp³-hybridized carbons (Fsp3) is 0.605. The van der Waals surface area contributed by atoms with Gasteiger partial charge >= 0.3 is 17.9 Å². The number of aliphatic carboxylic acids is 3. The lowest BCUT2D eigenvalue weighted by Crippen LogP contribution is -2.63. The third kappa shape index (κ3) is 34.9. The molecule has 0 radical (unpaired) electrons. The number of aliphatic hydroxyl groups excluding tert-OH is 2. The lowest BCUT2D eigenvalue weighted by atomic mass is 9.99. The van der Waals surface area contributed by atoms with Gasteiger partial charge in [0.05, 0.1) is 31.8 Å². The van der Waals surface area contributed by atoms with Crippen molar-refractivity contribution in [1.82, 2.24) is 78.6 Å². The zero-order valence-corrected chi connectivity index (χ0v) is 73.0. The Morgan fingerprint density at radius 1 is 0.512 bits per heavy atom. The van der Waals surface area contributed by atoms with Gasteiger partial charge in [0.2, 0.25) is 88.6 Å². The van der Waals surface area contributed by atoms with Gasteiger partial charge in [-0.05, 0) is 132 Å². The molecule has 0 saturated carbocycles. The number of primary amides is 1. The second kappa shape index (κ2) is 51.3. The van der Waals surface area contributed by atoms with Crippen molar-refractivity contribution in [2.24, 2.45) is 35.0 Å². The normalized spacial score (nSPS) is 17.6. The number of nitrogens with zero attached hydrogens (tertiary/aromatic N) is 2. The number of likely N-dealkylation sites (tertiary alicyclic amines) is 2. The number of carboxylic acids is 3. The Labute approximate surface area is 732 Å². The number of fused-ring (bicyclic) bond motifs is 1. The molecule has 0 spiro atoms. The number of para-hydroxylation sites is 1. The highest BCUT2D eigenvalue weighted by Gasteiger charge is 2.45. The van der Waals surface area contributed by atoms with Crippen LogP contribution < -0.4 is 85.9 Å². The second-order valence-electron chi connectivity index (χ2n) is 32.8. The molecule has 5 rings (SSSR count). The van der Waals surface area contributed by atoms with E-state index in [4.69, 9.17) is 17.2 Å². The Balaban J connectivity index is 1.37. The van der Waals surface area contributed by atoms with Crippen LogP contribution in [0.3, 0.4) is 0 Å². The molecule has 3 heterocycles. The van der Waals surface area contributed by atoms with E-state index in [-0.39, 0.29) is 70.5 Å². The molecule has 45 nitrogen and oxygen atoms in total. The third-order valence-corrected chi connectivity index (χ3v) is 21.3. The number of rotatable bonds is 54. The quantitative estimate of drug-likeness (QED) is 0.0186. The summed E-state index contributed by atoms with van der Waals surface area (Å²) in [5.74, 6) is -22.3. The molecule has 46 heteroatoms. The number of phosphoric acid groups is 1. The van der Waals surface area contributed by atoms with Crippen LogP contribution in [0.4, 0.5) is 0 Å². The summed E-state index contributed by atoms with van der Waals surface area (Å²) >= 11 is 0. The van der Waals surface area contributed by atoms with E-state index in [1.165, 1.54) is 41.0 Å². The molecule has 2 aliphatic heterocycles. The van der Waals surface area contributed by atoms with E-state index in [0.717, 1.165) is 6.92 Å². The predicted molar refractivity (Wildman–Crippen MR) is 449 cm³/mol. The van der Waals surface area contributed by atoms with Gasteiger partial charge in [-0.1, -0.05) is 90.1 Å². The summed E-state index contributed by atoms with van der Waals surface area (Å²) < 4.78 is 16.5. The maximum absolute atomic E-state index is 14.7. The summed E-state index contributed by atoms with van der Waals surface area (Å²) in [5.41, 5.74) is 18.5. The van der Waals surface area contributed by atoms with E-state index in [0.29, 0.717) is 47.7 Å². The van der Waals surface area contributed by atoms with Gasteiger partial charge < -0.3 is 136 Å². The van der Waals surface area contributed by atoms with Gasteiger partial charge in [-0.25, -0.2) is 4.79 Å². The van der Waals surface area contributed by atoms with E-state index in [1.807, 2.05) is 0 Å². The van der Waals surface area contributed by atoms with Gasteiger partial charge in [0, 0.05) is 55.9 Å². The molecule has 2 aromatic carbocycles. The van der Waals surface area contributed by atoms with E-state index in [2.05, 4.69) is 73.3 Å². The molecular formula is C81H122N18O27P-. The summed E-state index contributed by atoms with van der Waals surface area (Å²) in [4.78, 5) is 276. The van der Waals surface area contributed by atoms with Crippen LogP contribution in [-0.4, -0.2) is 281 Å². The largest absolute Gasteiger partial charge is 0.756 e. The maximum atomic E-state index is 14.7. The number of H-pyrrole nitrogens is 1. The first-order valence-electron chi connectivity index (χ1n) is 41.9. The number of carbonyl (C=O) groups excluding carboxylic acids is 15. The van der Waals surface area contributed by atoms with Crippen LogP contribution in [-0.2, 0) is 108 Å². The second-order valence-corrected chi connectivity index (χ2v) is 34.0. The number of aromatic amines is 1. The molecule has 25 N–H and O–H groups in total. The monoisotopic (exact) mass is 1810 g/mol. The molecule has 0 aliphatic carbocycles. The van der Waals surface area contributed by atoms with Crippen LogP contribution in [0.15, 0.2) is 60.8 Å². The molecule has 1 unspecified atom stereocenters. The van der Waals surface area contributed by atoms with Gasteiger partial charge in [-0.3, -0.25) is 86.1 Å². The number of aromatic nitrogens is 1. The Bertz CT molecular complexity index is 4390. The summed E-state index contributed by atoms with van der Waals surface area (Å²) in [7, 11) is -5.76. The highest BCUT2D eigenvalue weighted by atomic mass is 31.2. The van der Waals surface area contributed by atoms with Crippen LogP contribution in [0.25, 0.3) is 10.9 Å². The number of hydrogen-bond donors (Lipinski definition) is 22. The fourth-order valence-electron chi connectivity index (χ4n) is 14.4. The van der Waals surface area contributed by atoms with Crippen molar-refractivity contribution in [3.63, 3.8) is 0 Å². The fourth-order valence-corrected chi connectivity index (χ4v) is 14.7. The predicted octanol–water partition coefficient (Wildman–Crippen LogP) is -5.09. The highest BCUT2D eigenvalue weighted by molar-refractivity contribution is 7.44. The average Bonchev–Trinajstić information content (AvgIpc) is 1.66. The number of carbonyl (C=O) groups is 18. The van der Waals surface area contributed by atoms with Gasteiger partial charge in [0.15, 0.2) is 0 Å². The Hall–Kier alpha value is -11.6.